The number of hydrogen-bond acceptors (Lipinski definition) is 3. The fourth-order valence-electron chi connectivity index (χ4n) is 1.59. The molecule has 0 aliphatic heterocycles. The number of para-hydroxylation sites is 1. The van der Waals surface area contributed by atoms with Crippen molar-refractivity contribution in [3.8, 4) is 0 Å². The van der Waals surface area contributed by atoms with Gasteiger partial charge in [0.1, 0.15) is 0 Å². The second-order valence-corrected chi connectivity index (χ2v) is 6.39. The first-order valence-electron chi connectivity index (χ1n) is 5.58. The van der Waals surface area contributed by atoms with E-state index in [0.717, 1.165) is 4.88 Å². The second-order valence-electron chi connectivity index (χ2n) is 3.91. The predicted molar refractivity (Wildman–Crippen MR) is 74.7 cm³/mol. The third-order valence-corrected chi connectivity index (χ3v) is 4.17. The molecule has 0 amide bonds. The van der Waals surface area contributed by atoms with Crippen LogP contribution >= 0.6 is 23.1 Å². The summed E-state index contributed by atoms with van der Waals surface area (Å²) in [4.78, 5) is 2.49. The molecule has 2 rings (SSSR count). The third-order valence-electron chi connectivity index (χ3n) is 2.36. The molecule has 0 aliphatic rings. The molecule has 1 nitrogen and oxygen atoms in total. The number of alkyl halides is 3. The van der Waals surface area contributed by atoms with Crippen LogP contribution in [0.4, 0.5) is 18.9 Å². The smallest absolute Gasteiger partial charge is 0.379 e. The van der Waals surface area contributed by atoms with Gasteiger partial charge in [0.05, 0.1) is 0 Å². The quantitative estimate of drug-likeness (QED) is 0.771. The fraction of sp³-hybridized carbons (Fsp3) is 0.231. The first-order chi connectivity index (χ1) is 8.94. The summed E-state index contributed by atoms with van der Waals surface area (Å²) in [6.45, 7) is 2.54. The maximum absolute atomic E-state index is 12.4. The summed E-state index contributed by atoms with van der Waals surface area (Å²) in [5.41, 5.74) is -3.76. The number of rotatable bonds is 4. The molecule has 1 N–H and O–H groups in total. The number of benzene rings is 1. The van der Waals surface area contributed by atoms with Gasteiger partial charge in [-0.1, -0.05) is 12.1 Å². The number of aryl methyl sites for hydroxylation is 1. The highest BCUT2D eigenvalue weighted by Crippen LogP contribution is 2.40. The lowest BCUT2D eigenvalue weighted by Gasteiger charge is -2.12. The zero-order chi connectivity index (χ0) is 13.9. The molecule has 0 saturated heterocycles. The molecule has 0 atom stereocenters. The second kappa shape index (κ2) is 5.88. The van der Waals surface area contributed by atoms with Crippen LogP contribution in [0.3, 0.4) is 0 Å². The minimum Gasteiger partial charge on any atom is -0.379 e. The Morgan fingerprint density at radius 1 is 1.16 bits per heavy atom. The molecule has 1 heterocycles. The molecule has 0 aliphatic carbocycles. The zero-order valence-electron chi connectivity index (χ0n) is 10.1. The van der Waals surface area contributed by atoms with E-state index in [2.05, 4.69) is 5.32 Å². The van der Waals surface area contributed by atoms with Crippen molar-refractivity contribution < 1.29 is 13.2 Å². The van der Waals surface area contributed by atoms with Crippen LogP contribution in [0.15, 0.2) is 41.3 Å². The van der Waals surface area contributed by atoms with Gasteiger partial charge in [0.15, 0.2) is 0 Å². The molecule has 102 valence electrons. The Morgan fingerprint density at radius 3 is 2.53 bits per heavy atom. The molecule has 6 heteroatoms. The van der Waals surface area contributed by atoms with Crippen molar-refractivity contribution in [1.29, 1.82) is 0 Å². The van der Waals surface area contributed by atoms with Crippen LogP contribution in [0.1, 0.15) is 9.75 Å². The highest BCUT2D eigenvalue weighted by molar-refractivity contribution is 8.00. The van der Waals surface area contributed by atoms with Crippen LogP contribution in [0.25, 0.3) is 0 Å². The van der Waals surface area contributed by atoms with Crippen molar-refractivity contribution in [3.63, 3.8) is 0 Å². The van der Waals surface area contributed by atoms with Crippen LogP contribution in [-0.4, -0.2) is 5.51 Å². The van der Waals surface area contributed by atoms with Gasteiger partial charge in [0.2, 0.25) is 0 Å². The maximum atomic E-state index is 12.4. The van der Waals surface area contributed by atoms with Gasteiger partial charge in [-0.2, -0.15) is 13.2 Å². The number of anilines is 1. The maximum Gasteiger partial charge on any atom is 0.446 e. The summed E-state index contributed by atoms with van der Waals surface area (Å²) >= 11 is 1.54. The van der Waals surface area contributed by atoms with E-state index in [0.29, 0.717) is 12.2 Å². The SMILES string of the molecule is Cc1ccc(CNc2ccccc2SC(F)(F)F)s1. The monoisotopic (exact) mass is 303 g/mol. The van der Waals surface area contributed by atoms with E-state index in [9.17, 15) is 13.2 Å². The van der Waals surface area contributed by atoms with Crippen molar-refractivity contribution in [1.82, 2.24) is 0 Å². The van der Waals surface area contributed by atoms with Gasteiger partial charge in [-0.05, 0) is 43.0 Å². The molecule has 1 aromatic carbocycles. The lowest BCUT2D eigenvalue weighted by molar-refractivity contribution is -0.0327. The highest BCUT2D eigenvalue weighted by atomic mass is 32.2. The van der Waals surface area contributed by atoms with E-state index in [1.807, 2.05) is 19.1 Å². The van der Waals surface area contributed by atoms with E-state index >= 15 is 0 Å². The normalized spacial score (nSPS) is 11.6. The molecule has 1 aromatic heterocycles. The number of hydrogen-bond donors (Lipinski definition) is 1. The lowest BCUT2D eigenvalue weighted by atomic mass is 10.3. The molecule has 2 aromatic rings. The van der Waals surface area contributed by atoms with Gasteiger partial charge in [0.25, 0.3) is 0 Å². The van der Waals surface area contributed by atoms with E-state index in [4.69, 9.17) is 0 Å². The molecule has 0 unspecified atom stereocenters. The Hall–Kier alpha value is -1.14. The molecule has 0 bridgehead atoms. The Kier molecular flexibility index (Phi) is 4.42. The Labute approximate surface area is 117 Å². The highest BCUT2D eigenvalue weighted by Gasteiger charge is 2.30. The van der Waals surface area contributed by atoms with Crippen LogP contribution in [0, 0.1) is 6.92 Å². The average Bonchev–Trinajstić information content (AvgIpc) is 2.72. The van der Waals surface area contributed by atoms with Gasteiger partial charge < -0.3 is 5.32 Å². The summed E-state index contributed by atoms with van der Waals surface area (Å²) < 4.78 is 37.3. The third kappa shape index (κ3) is 4.47. The van der Waals surface area contributed by atoms with Crippen molar-refractivity contribution in [2.75, 3.05) is 5.32 Å². The molecular formula is C13H12F3NS2. The van der Waals surface area contributed by atoms with Crippen LogP contribution in [0.2, 0.25) is 0 Å². The van der Waals surface area contributed by atoms with Gasteiger partial charge >= 0.3 is 5.51 Å². The molecule has 0 radical (unpaired) electrons. The van der Waals surface area contributed by atoms with Gasteiger partial charge in [0, 0.05) is 26.9 Å². The first-order valence-corrected chi connectivity index (χ1v) is 7.21. The lowest BCUT2D eigenvalue weighted by Crippen LogP contribution is -2.03. The summed E-state index contributed by atoms with van der Waals surface area (Å²) in [5, 5.41) is 3.06. The van der Waals surface area contributed by atoms with E-state index in [-0.39, 0.29) is 16.7 Å². The average molecular weight is 303 g/mol. The summed E-state index contributed by atoms with van der Waals surface area (Å²) in [6, 6.07) is 10.4. The minimum absolute atomic E-state index is 0.0914. The topological polar surface area (TPSA) is 12.0 Å². The summed E-state index contributed by atoms with van der Waals surface area (Å²) in [7, 11) is 0. The Morgan fingerprint density at radius 2 is 1.89 bits per heavy atom. The standard InChI is InChI=1S/C13H12F3NS2/c1-9-6-7-10(18-9)8-17-11-4-2-3-5-12(11)19-13(14,15)16/h2-7,17H,8H2,1H3. The van der Waals surface area contributed by atoms with E-state index in [1.54, 1.807) is 29.5 Å². The van der Waals surface area contributed by atoms with Crippen LogP contribution < -0.4 is 5.32 Å². The number of thioether (sulfide) groups is 1. The Balaban J connectivity index is 2.07. The first kappa shape index (κ1) is 14.3. The molecule has 0 saturated carbocycles. The van der Waals surface area contributed by atoms with Crippen molar-refractivity contribution in [3.05, 3.63) is 46.2 Å². The summed E-state index contributed by atoms with van der Waals surface area (Å²) in [6.07, 6.45) is 0. The molecule has 0 fully saturated rings. The van der Waals surface area contributed by atoms with Gasteiger partial charge in [-0.3, -0.25) is 0 Å². The minimum atomic E-state index is -4.27. The zero-order valence-corrected chi connectivity index (χ0v) is 11.8. The Bertz CT molecular complexity index is 549. The molecule has 19 heavy (non-hydrogen) atoms. The fourth-order valence-corrected chi connectivity index (χ4v) is 3.07. The molecule has 0 spiro atoms. The van der Waals surface area contributed by atoms with Crippen molar-refractivity contribution in [2.45, 2.75) is 23.9 Å². The van der Waals surface area contributed by atoms with E-state index in [1.165, 1.54) is 10.9 Å². The summed E-state index contributed by atoms with van der Waals surface area (Å²) in [5.74, 6) is 0. The van der Waals surface area contributed by atoms with Crippen molar-refractivity contribution in [2.24, 2.45) is 0 Å². The van der Waals surface area contributed by atoms with Crippen molar-refractivity contribution >= 4 is 28.8 Å². The largest absolute Gasteiger partial charge is 0.446 e. The van der Waals surface area contributed by atoms with Crippen LogP contribution in [0.5, 0.6) is 0 Å². The van der Waals surface area contributed by atoms with Gasteiger partial charge in [-0.15, -0.1) is 11.3 Å². The molecular weight excluding hydrogens is 291 g/mol. The number of thiophene rings is 1. The van der Waals surface area contributed by atoms with Gasteiger partial charge in [-0.25, -0.2) is 0 Å². The number of nitrogens with one attached hydrogen (secondary N) is 1. The predicted octanol–water partition coefficient (Wildman–Crippen LogP) is 5.28. The van der Waals surface area contributed by atoms with Crippen LogP contribution in [-0.2, 0) is 6.54 Å². The number of halogens is 3. The van der Waals surface area contributed by atoms with E-state index < -0.39 is 5.51 Å².